The van der Waals surface area contributed by atoms with Crippen LogP contribution < -0.4 is 0 Å². The van der Waals surface area contributed by atoms with Crippen LogP contribution in [-0.2, 0) is 23.3 Å². The van der Waals surface area contributed by atoms with E-state index in [9.17, 15) is 30.3 Å². The third-order valence-electron chi connectivity index (χ3n) is 4.92. The zero-order valence-corrected chi connectivity index (χ0v) is 23.7. The lowest BCUT2D eigenvalue weighted by Crippen LogP contribution is -2.16. The largest absolute Gasteiger partial charge is 0.434 e. The maximum Gasteiger partial charge on any atom is 0.434 e. The minimum Gasteiger partial charge on any atom is -0.405 e. The first-order chi connectivity index (χ1) is 16.7. The van der Waals surface area contributed by atoms with Gasteiger partial charge in [-0.15, -0.1) is 0 Å². The lowest BCUT2D eigenvalue weighted by molar-refractivity contribution is -0.402. The number of hydrogen-bond acceptors (Lipinski definition) is 9. The fraction of sp³-hybridized carbons (Fsp3) is 0.542. The number of imidazole rings is 1. The Morgan fingerprint density at radius 1 is 0.784 bits per heavy atom. The second-order valence-electron chi connectivity index (χ2n) is 11.3. The molecule has 0 amide bonds. The normalized spacial score (nSPS) is 11.6. The molecule has 0 aliphatic rings. The maximum absolute atomic E-state index is 10.5. The van der Waals surface area contributed by atoms with Gasteiger partial charge in [0.1, 0.15) is 22.6 Å². The van der Waals surface area contributed by atoms with Gasteiger partial charge in [-0.2, -0.15) is 0 Å². The van der Waals surface area contributed by atoms with Crippen LogP contribution in [0.5, 0.6) is 0 Å². The number of nitro groups is 3. The maximum atomic E-state index is 10.5. The Labute approximate surface area is 219 Å². The molecule has 13 heteroatoms. The minimum absolute atomic E-state index is 0.0128. The van der Waals surface area contributed by atoms with Crippen molar-refractivity contribution in [2.24, 2.45) is 7.05 Å². The molecule has 0 N–H and O–H groups in total. The number of aromatic nitrogens is 2. The van der Waals surface area contributed by atoms with Gasteiger partial charge in [-0.3, -0.25) is 20.2 Å². The standard InChI is InChI=1S/C8H13N3O2.C8H11NO3.C8H11NO2S/c1-8(2,3)6-5-9-7(10(6)4)11(12)13;2*1-8(2,3)6-4-5-7(12-6)9(10)11/h5H,1-4H3;2*4-5H,1-3H3. The van der Waals surface area contributed by atoms with E-state index in [1.165, 1.54) is 22.0 Å². The summed E-state index contributed by atoms with van der Waals surface area (Å²) in [5.74, 6) is 0.332. The van der Waals surface area contributed by atoms with Crippen LogP contribution in [0.2, 0.25) is 0 Å². The van der Waals surface area contributed by atoms with Gasteiger partial charge in [0, 0.05) is 21.8 Å². The monoisotopic (exact) mass is 537 g/mol. The summed E-state index contributed by atoms with van der Waals surface area (Å²) in [6.45, 7) is 17.9. The van der Waals surface area contributed by atoms with Crippen molar-refractivity contribution in [1.82, 2.24) is 9.55 Å². The quantitative estimate of drug-likeness (QED) is 0.253. The van der Waals surface area contributed by atoms with Gasteiger partial charge >= 0.3 is 16.8 Å². The molecule has 0 aliphatic heterocycles. The number of hydrogen-bond donors (Lipinski definition) is 0. The average molecular weight is 538 g/mol. The topological polar surface area (TPSA) is 160 Å². The first-order valence-corrected chi connectivity index (χ1v) is 12.1. The van der Waals surface area contributed by atoms with Crippen LogP contribution in [0.15, 0.2) is 34.9 Å². The Balaban J connectivity index is 0.000000278. The Hall–Kier alpha value is -3.61. The summed E-state index contributed by atoms with van der Waals surface area (Å²) in [5, 5.41) is 31.3. The van der Waals surface area contributed by atoms with Gasteiger partial charge in [-0.1, -0.05) is 78.6 Å². The highest BCUT2D eigenvalue weighted by Crippen LogP contribution is 2.33. The van der Waals surface area contributed by atoms with E-state index >= 15 is 0 Å². The van der Waals surface area contributed by atoms with Crippen LogP contribution in [0.25, 0.3) is 0 Å². The van der Waals surface area contributed by atoms with Crippen LogP contribution in [0, 0.1) is 30.3 Å². The predicted octanol–water partition coefficient (Wildman–Crippen LogP) is 7.06. The smallest absolute Gasteiger partial charge is 0.405 e. The van der Waals surface area contributed by atoms with Crippen LogP contribution in [-0.4, -0.2) is 24.3 Å². The number of thiophene rings is 1. The summed E-state index contributed by atoms with van der Waals surface area (Å²) in [4.78, 5) is 34.5. The molecule has 204 valence electrons. The van der Waals surface area contributed by atoms with E-state index in [0.29, 0.717) is 5.76 Å². The molecular weight excluding hydrogens is 502 g/mol. The van der Waals surface area contributed by atoms with Crippen molar-refractivity contribution < 1.29 is 19.2 Å². The SMILES string of the molecule is CC(C)(C)c1ccc([N+](=O)[O-])o1.CC(C)(C)c1ccc([N+](=O)[O-])s1.Cn1c(C(C)(C)C)cnc1[N+](=O)[O-]. The number of rotatable bonds is 3. The molecule has 37 heavy (non-hydrogen) atoms. The lowest BCUT2D eigenvalue weighted by atomic mass is 9.93. The fourth-order valence-corrected chi connectivity index (χ4v) is 3.80. The Morgan fingerprint density at radius 2 is 1.35 bits per heavy atom. The molecule has 0 saturated heterocycles. The summed E-state index contributed by atoms with van der Waals surface area (Å²) in [6.07, 6.45) is 1.55. The van der Waals surface area contributed by atoms with Crippen molar-refractivity contribution in [3.05, 3.63) is 77.1 Å². The van der Waals surface area contributed by atoms with Crippen LogP contribution in [0.4, 0.5) is 16.8 Å². The molecule has 3 aromatic heterocycles. The number of nitrogens with zero attached hydrogens (tertiary/aromatic N) is 5. The van der Waals surface area contributed by atoms with Crippen LogP contribution in [0.1, 0.15) is 78.6 Å². The van der Waals surface area contributed by atoms with Gasteiger partial charge in [0.25, 0.3) is 0 Å². The summed E-state index contributed by atoms with van der Waals surface area (Å²) in [7, 11) is 1.66. The van der Waals surface area contributed by atoms with E-state index in [2.05, 4.69) is 4.98 Å². The minimum atomic E-state index is -0.532. The highest BCUT2D eigenvalue weighted by Gasteiger charge is 2.26. The van der Waals surface area contributed by atoms with Crippen LogP contribution in [0.3, 0.4) is 0 Å². The zero-order chi connectivity index (χ0) is 28.9. The van der Waals surface area contributed by atoms with Crippen molar-refractivity contribution in [1.29, 1.82) is 0 Å². The molecule has 3 rings (SSSR count). The van der Waals surface area contributed by atoms with Gasteiger partial charge in [0.05, 0.1) is 18.0 Å². The van der Waals surface area contributed by atoms with Gasteiger partial charge in [0.15, 0.2) is 0 Å². The fourth-order valence-electron chi connectivity index (χ4n) is 2.92. The van der Waals surface area contributed by atoms with Crippen molar-refractivity contribution in [2.45, 2.75) is 78.6 Å². The molecule has 12 nitrogen and oxygen atoms in total. The third kappa shape index (κ3) is 9.08. The van der Waals surface area contributed by atoms with Gasteiger partial charge in [-0.25, -0.2) is 4.57 Å². The molecule has 0 radical (unpaired) electrons. The third-order valence-corrected chi connectivity index (χ3v) is 6.38. The highest BCUT2D eigenvalue weighted by atomic mass is 32.1. The van der Waals surface area contributed by atoms with Crippen molar-refractivity contribution in [3.63, 3.8) is 0 Å². The van der Waals surface area contributed by atoms with E-state index in [0.717, 1.165) is 10.6 Å². The molecule has 0 aromatic carbocycles. The molecule has 0 saturated carbocycles. The average Bonchev–Trinajstić information content (AvgIpc) is 3.46. The summed E-state index contributed by atoms with van der Waals surface area (Å²) in [6, 6.07) is 6.40. The first-order valence-electron chi connectivity index (χ1n) is 11.3. The molecule has 0 unspecified atom stereocenters. The van der Waals surface area contributed by atoms with E-state index in [-0.39, 0.29) is 38.0 Å². The van der Waals surface area contributed by atoms with E-state index in [4.69, 9.17) is 4.42 Å². The molecular formula is C24H35N5O7S. The van der Waals surface area contributed by atoms with Crippen molar-refractivity contribution in [3.8, 4) is 0 Å². The summed E-state index contributed by atoms with van der Waals surface area (Å²) >= 11 is 1.25. The highest BCUT2D eigenvalue weighted by molar-refractivity contribution is 7.15. The van der Waals surface area contributed by atoms with Gasteiger partial charge in [-0.05, 0) is 22.5 Å². The van der Waals surface area contributed by atoms with Crippen molar-refractivity contribution in [2.75, 3.05) is 0 Å². The molecule has 3 heterocycles. The molecule has 0 fully saturated rings. The molecule has 0 bridgehead atoms. The van der Waals surface area contributed by atoms with Gasteiger partial charge in [0.2, 0.25) is 0 Å². The second kappa shape index (κ2) is 11.6. The molecule has 0 atom stereocenters. The summed E-state index contributed by atoms with van der Waals surface area (Å²) < 4.78 is 6.52. The Kier molecular flexibility index (Phi) is 9.87. The molecule has 0 spiro atoms. The zero-order valence-electron chi connectivity index (χ0n) is 22.9. The number of furan rings is 1. The Morgan fingerprint density at radius 3 is 1.59 bits per heavy atom. The Bertz CT molecular complexity index is 1180. The van der Waals surface area contributed by atoms with E-state index < -0.39 is 9.85 Å². The predicted molar refractivity (Wildman–Crippen MR) is 142 cm³/mol. The van der Waals surface area contributed by atoms with Crippen molar-refractivity contribution >= 4 is 28.2 Å². The van der Waals surface area contributed by atoms with E-state index in [1.807, 2.05) is 68.4 Å². The first kappa shape index (κ1) is 31.4. The molecule has 3 aromatic rings. The molecule has 0 aliphatic carbocycles. The lowest BCUT2D eigenvalue weighted by Gasteiger charge is -2.15. The van der Waals surface area contributed by atoms with Gasteiger partial charge < -0.3 is 14.5 Å². The summed E-state index contributed by atoms with van der Waals surface area (Å²) in [5.41, 5.74) is 0.586. The van der Waals surface area contributed by atoms with Crippen LogP contribution >= 0.6 is 11.3 Å². The second-order valence-corrected chi connectivity index (χ2v) is 12.4. The van der Waals surface area contributed by atoms with E-state index in [1.54, 1.807) is 25.4 Å².